The van der Waals surface area contributed by atoms with Gasteiger partial charge in [0.25, 0.3) is 0 Å². The van der Waals surface area contributed by atoms with Gasteiger partial charge in [0.2, 0.25) is 5.96 Å². The van der Waals surface area contributed by atoms with E-state index in [0.717, 1.165) is 5.56 Å². The Balaban J connectivity index is 2.17. The van der Waals surface area contributed by atoms with Crippen molar-refractivity contribution in [1.29, 1.82) is 10.5 Å². The van der Waals surface area contributed by atoms with Crippen molar-refractivity contribution in [3.8, 4) is 18.0 Å². The highest BCUT2D eigenvalue weighted by atomic mass is 16.5. The molecule has 9 heteroatoms. The number of ether oxygens (including phenoxy) is 1. The Kier molecular flexibility index (Phi) is 4.68. The molecule has 1 atom stereocenters. The van der Waals surface area contributed by atoms with Crippen LogP contribution in [-0.2, 0) is 0 Å². The Morgan fingerprint density at radius 2 is 2.00 bits per heavy atom. The van der Waals surface area contributed by atoms with E-state index in [4.69, 9.17) is 21.5 Å². The Hall–Kier alpha value is -3.98. The predicted octanol–water partition coefficient (Wildman–Crippen LogP) is 2.24. The number of aromatic nitrogens is 1. The van der Waals surface area contributed by atoms with Gasteiger partial charge in [-0.25, -0.2) is 9.98 Å². The second kappa shape index (κ2) is 6.97. The highest BCUT2D eigenvalue weighted by molar-refractivity contribution is 5.98. The minimum Gasteiger partial charge on any atom is -0.488 e. The number of nitrogens with one attached hydrogen (secondary N) is 2. The van der Waals surface area contributed by atoms with Crippen LogP contribution in [0.4, 0.5) is 17.3 Å². The van der Waals surface area contributed by atoms with E-state index in [2.05, 4.69) is 20.6 Å². The number of aliphatic imine (C=N–C) groups is 1. The molecule has 1 aromatic heterocycles. The summed E-state index contributed by atoms with van der Waals surface area (Å²) in [5.74, 6) is 1.22. The monoisotopic (exact) mass is 376 g/mol. The molecule has 1 aromatic carbocycles. The lowest BCUT2D eigenvalue weighted by Crippen LogP contribution is -2.32. The van der Waals surface area contributed by atoms with Crippen molar-refractivity contribution in [2.45, 2.75) is 32.4 Å². The van der Waals surface area contributed by atoms with Gasteiger partial charge in [-0.05, 0) is 38.5 Å². The fourth-order valence-corrected chi connectivity index (χ4v) is 2.92. The normalized spacial score (nSPS) is 15.3. The van der Waals surface area contributed by atoms with E-state index >= 15 is 0 Å². The number of hydrogen-bond donors (Lipinski definition) is 4. The molecule has 0 saturated heterocycles. The second-order valence-electron chi connectivity index (χ2n) is 7.19. The Morgan fingerprint density at radius 1 is 1.25 bits per heavy atom. The predicted molar refractivity (Wildman–Crippen MR) is 106 cm³/mol. The van der Waals surface area contributed by atoms with Crippen molar-refractivity contribution in [3.05, 3.63) is 41.0 Å². The van der Waals surface area contributed by atoms with Gasteiger partial charge in [0.15, 0.2) is 6.19 Å². The zero-order valence-electron chi connectivity index (χ0n) is 15.7. The summed E-state index contributed by atoms with van der Waals surface area (Å²) < 4.78 is 5.94. The minimum atomic E-state index is -0.601. The van der Waals surface area contributed by atoms with Gasteiger partial charge < -0.3 is 21.5 Å². The van der Waals surface area contributed by atoms with Crippen LogP contribution in [0.25, 0.3) is 0 Å². The molecule has 142 valence electrons. The molecule has 0 bridgehead atoms. The van der Waals surface area contributed by atoms with Crippen molar-refractivity contribution in [1.82, 2.24) is 10.3 Å². The Labute approximate surface area is 162 Å². The van der Waals surface area contributed by atoms with Gasteiger partial charge in [-0.1, -0.05) is 12.1 Å². The number of nitrogen functional groups attached to an aromatic ring is 2. The van der Waals surface area contributed by atoms with Crippen LogP contribution in [0.15, 0.2) is 29.3 Å². The van der Waals surface area contributed by atoms with Gasteiger partial charge in [0.1, 0.15) is 40.7 Å². The van der Waals surface area contributed by atoms with Crippen LogP contribution in [-0.4, -0.2) is 16.5 Å². The van der Waals surface area contributed by atoms with Crippen molar-refractivity contribution in [2.24, 2.45) is 4.99 Å². The fourth-order valence-electron chi connectivity index (χ4n) is 2.92. The lowest BCUT2D eigenvalue weighted by atomic mass is 9.95. The molecule has 0 radical (unpaired) electrons. The molecule has 6 N–H and O–H groups in total. The molecule has 1 aliphatic rings. The number of benzene rings is 1. The van der Waals surface area contributed by atoms with E-state index in [1.54, 1.807) is 0 Å². The molecule has 0 aliphatic carbocycles. The van der Waals surface area contributed by atoms with E-state index in [1.165, 1.54) is 0 Å². The van der Waals surface area contributed by atoms with Crippen molar-refractivity contribution >= 4 is 23.3 Å². The molecule has 2 heterocycles. The number of nitrogens with zero attached hydrogens (tertiary/aromatic N) is 4. The molecule has 2 aromatic rings. The van der Waals surface area contributed by atoms with Gasteiger partial charge >= 0.3 is 0 Å². The molecule has 1 unspecified atom stereocenters. The van der Waals surface area contributed by atoms with Crippen LogP contribution in [0, 0.1) is 22.8 Å². The smallest absolute Gasteiger partial charge is 0.211 e. The number of fused-ring (bicyclic) bond motifs is 1. The summed E-state index contributed by atoms with van der Waals surface area (Å²) in [6.07, 6.45) is 1.82. The zero-order chi connectivity index (χ0) is 20.5. The third-order valence-electron chi connectivity index (χ3n) is 3.96. The van der Waals surface area contributed by atoms with Crippen molar-refractivity contribution < 1.29 is 4.74 Å². The summed E-state index contributed by atoms with van der Waals surface area (Å²) in [4.78, 5) is 8.77. The topological polar surface area (TPSA) is 158 Å². The standard InChI is InChI=1S/C19H20N8O/c1-19(2,3)28-11-6-4-5-10(7-11)15-13-14(22)12(8-20)16(23)26-17(13)27-18(25-15)24-9-21/h4-7,15H,1-3H3,(H6,22,23,24,25,26,27). The summed E-state index contributed by atoms with van der Waals surface area (Å²) in [5.41, 5.74) is 13.3. The van der Waals surface area contributed by atoms with Gasteiger partial charge in [0.05, 0.1) is 5.69 Å². The number of pyridine rings is 1. The summed E-state index contributed by atoms with van der Waals surface area (Å²) in [5, 5.41) is 23.7. The van der Waals surface area contributed by atoms with Gasteiger partial charge in [-0.2, -0.15) is 10.5 Å². The number of rotatable bonds is 2. The van der Waals surface area contributed by atoms with E-state index in [0.29, 0.717) is 17.1 Å². The molecular weight excluding hydrogens is 356 g/mol. The third kappa shape index (κ3) is 3.60. The molecule has 3 rings (SSSR count). The molecule has 1 aliphatic heterocycles. The van der Waals surface area contributed by atoms with Crippen molar-refractivity contribution in [3.63, 3.8) is 0 Å². The molecule has 9 nitrogen and oxygen atoms in total. The molecule has 0 spiro atoms. The van der Waals surface area contributed by atoms with Gasteiger partial charge in [0, 0.05) is 5.56 Å². The number of nitriles is 2. The number of guanidine groups is 1. The molecule has 28 heavy (non-hydrogen) atoms. The van der Waals surface area contributed by atoms with E-state index in [-0.39, 0.29) is 28.6 Å². The van der Waals surface area contributed by atoms with E-state index in [9.17, 15) is 5.26 Å². The highest BCUT2D eigenvalue weighted by Gasteiger charge is 2.30. The maximum absolute atomic E-state index is 9.38. The van der Waals surface area contributed by atoms with Crippen LogP contribution >= 0.6 is 0 Å². The summed E-state index contributed by atoms with van der Waals surface area (Å²) >= 11 is 0. The first-order valence-electron chi connectivity index (χ1n) is 8.51. The van der Waals surface area contributed by atoms with Gasteiger partial charge in [-0.3, -0.25) is 5.32 Å². The number of anilines is 3. The molecule has 0 fully saturated rings. The lowest BCUT2D eigenvalue weighted by molar-refractivity contribution is 0.131. The Bertz CT molecular complexity index is 1040. The van der Waals surface area contributed by atoms with Crippen LogP contribution in [0.1, 0.15) is 43.5 Å². The third-order valence-corrected chi connectivity index (χ3v) is 3.96. The summed E-state index contributed by atoms with van der Waals surface area (Å²) in [6, 6.07) is 8.79. The number of hydrogen-bond acceptors (Lipinski definition) is 9. The van der Waals surface area contributed by atoms with E-state index in [1.807, 2.05) is 57.3 Å². The largest absolute Gasteiger partial charge is 0.488 e. The zero-order valence-corrected chi connectivity index (χ0v) is 15.7. The second-order valence-corrected chi connectivity index (χ2v) is 7.19. The first-order chi connectivity index (χ1) is 13.2. The fraction of sp³-hybridized carbons (Fsp3) is 0.263. The Morgan fingerprint density at radius 3 is 2.64 bits per heavy atom. The lowest BCUT2D eigenvalue weighted by Gasteiger charge is -2.27. The highest BCUT2D eigenvalue weighted by Crippen LogP contribution is 2.41. The maximum atomic E-state index is 9.38. The number of nitrogens with two attached hydrogens (primary N) is 2. The van der Waals surface area contributed by atoms with Crippen LogP contribution in [0.2, 0.25) is 0 Å². The molecule has 0 saturated carbocycles. The summed E-state index contributed by atoms with van der Waals surface area (Å²) in [7, 11) is 0. The average Bonchev–Trinajstić information content (AvgIpc) is 2.60. The molecule has 0 amide bonds. The average molecular weight is 376 g/mol. The van der Waals surface area contributed by atoms with Crippen LogP contribution in [0.3, 0.4) is 0 Å². The minimum absolute atomic E-state index is 0.00743. The molecular formula is C19H20N8O. The van der Waals surface area contributed by atoms with Crippen LogP contribution in [0.5, 0.6) is 5.75 Å². The quantitative estimate of drug-likeness (QED) is 0.459. The first-order valence-corrected chi connectivity index (χ1v) is 8.51. The van der Waals surface area contributed by atoms with Crippen LogP contribution < -0.4 is 26.8 Å². The van der Waals surface area contributed by atoms with E-state index < -0.39 is 6.04 Å². The van der Waals surface area contributed by atoms with Gasteiger partial charge in [-0.15, -0.1) is 0 Å². The van der Waals surface area contributed by atoms with Crippen molar-refractivity contribution in [2.75, 3.05) is 16.8 Å². The first kappa shape index (κ1) is 18.8. The SMILES string of the molecule is CC(C)(C)Oc1cccc(C2N=C(NC#N)Nc3nc(N)c(C#N)c(N)c32)c1. The maximum Gasteiger partial charge on any atom is 0.211 e. The summed E-state index contributed by atoms with van der Waals surface area (Å²) in [6.45, 7) is 5.86.